The van der Waals surface area contributed by atoms with Crippen LogP contribution in [0.5, 0.6) is 0 Å². The third-order valence-electron chi connectivity index (χ3n) is 3.49. The minimum absolute atomic E-state index is 0.474. The maximum absolute atomic E-state index is 4.96. The van der Waals surface area contributed by atoms with E-state index in [1.54, 1.807) is 4.52 Å². The number of aromatic nitrogens is 5. The van der Waals surface area contributed by atoms with Crippen LogP contribution in [-0.4, -0.2) is 37.6 Å². The lowest BCUT2D eigenvalue weighted by Gasteiger charge is -2.00. The van der Waals surface area contributed by atoms with Crippen molar-refractivity contribution in [2.45, 2.75) is 13.3 Å². The summed E-state index contributed by atoms with van der Waals surface area (Å²) in [4.78, 5) is 9.51. The van der Waals surface area contributed by atoms with E-state index in [4.69, 9.17) is 4.84 Å². The number of hydrogen-bond donors (Lipinski definition) is 0. The van der Waals surface area contributed by atoms with Gasteiger partial charge in [0.25, 0.3) is 5.78 Å². The molecule has 4 rings (SSSR count). The van der Waals surface area contributed by atoms with Gasteiger partial charge >= 0.3 is 0 Å². The standard InChI is InChI=1S/C14H12N6O/c1-3-10-16-17-14-15-13-11(18-20(10)14)8-6-4-5-7-9(8)12(13)19-21-2/h4-7H,3H2,1-2H3/b19-12-. The van der Waals surface area contributed by atoms with E-state index in [2.05, 4.69) is 25.4 Å². The molecule has 0 saturated heterocycles. The molecule has 0 saturated carbocycles. The fourth-order valence-electron chi connectivity index (χ4n) is 2.55. The van der Waals surface area contributed by atoms with Crippen LogP contribution in [-0.2, 0) is 11.3 Å². The van der Waals surface area contributed by atoms with Crippen LogP contribution < -0.4 is 0 Å². The van der Waals surface area contributed by atoms with E-state index in [0.717, 1.165) is 29.1 Å². The number of hydrogen-bond acceptors (Lipinski definition) is 6. The van der Waals surface area contributed by atoms with E-state index in [0.29, 0.717) is 17.2 Å². The van der Waals surface area contributed by atoms with Crippen LogP contribution in [0.4, 0.5) is 0 Å². The molecule has 0 unspecified atom stereocenters. The monoisotopic (exact) mass is 280 g/mol. The van der Waals surface area contributed by atoms with E-state index < -0.39 is 0 Å². The molecule has 7 nitrogen and oxygen atoms in total. The highest BCUT2D eigenvalue weighted by Gasteiger charge is 2.30. The molecule has 0 aliphatic heterocycles. The number of benzene rings is 1. The fraction of sp³-hybridized carbons (Fsp3) is 0.214. The second-order valence-corrected chi connectivity index (χ2v) is 4.66. The minimum atomic E-state index is 0.474. The maximum Gasteiger partial charge on any atom is 0.272 e. The summed E-state index contributed by atoms with van der Waals surface area (Å²) >= 11 is 0. The van der Waals surface area contributed by atoms with Gasteiger partial charge in [-0.05, 0) is 0 Å². The van der Waals surface area contributed by atoms with Gasteiger partial charge in [0, 0.05) is 17.5 Å². The van der Waals surface area contributed by atoms with Gasteiger partial charge in [-0.1, -0.05) is 36.3 Å². The number of rotatable bonds is 2. The number of oxime groups is 1. The maximum atomic E-state index is 4.96. The molecule has 0 spiro atoms. The lowest BCUT2D eigenvalue weighted by molar-refractivity contribution is 0.214. The Hall–Kier alpha value is -2.83. The number of fused-ring (bicyclic) bond motifs is 4. The molecule has 3 aromatic rings. The summed E-state index contributed by atoms with van der Waals surface area (Å²) < 4.78 is 1.69. The summed E-state index contributed by atoms with van der Waals surface area (Å²) in [6, 6.07) is 7.91. The van der Waals surface area contributed by atoms with Crippen molar-refractivity contribution in [3.8, 4) is 11.3 Å². The van der Waals surface area contributed by atoms with E-state index in [9.17, 15) is 0 Å². The average molecular weight is 280 g/mol. The van der Waals surface area contributed by atoms with Gasteiger partial charge in [-0.3, -0.25) is 0 Å². The molecule has 0 radical (unpaired) electrons. The van der Waals surface area contributed by atoms with Gasteiger partial charge in [0.2, 0.25) is 0 Å². The van der Waals surface area contributed by atoms with Gasteiger partial charge in [0.05, 0.1) is 0 Å². The first-order chi connectivity index (χ1) is 10.3. The Balaban J connectivity index is 2.08. The third kappa shape index (κ3) is 1.57. The Morgan fingerprint density at radius 1 is 1.14 bits per heavy atom. The van der Waals surface area contributed by atoms with Crippen molar-refractivity contribution in [2.75, 3.05) is 7.11 Å². The first-order valence-electron chi connectivity index (χ1n) is 6.67. The van der Waals surface area contributed by atoms with Crippen LogP contribution in [0, 0.1) is 0 Å². The zero-order valence-electron chi connectivity index (χ0n) is 11.6. The molecule has 21 heavy (non-hydrogen) atoms. The molecule has 0 N–H and O–H groups in total. The van der Waals surface area contributed by atoms with Crippen LogP contribution in [0.3, 0.4) is 0 Å². The molecule has 2 aromatic heterocycles. The number of nitrogens with zero attached hydrogens (tertiary/aromatic N) is 6. The molecule has 104 valence electrons. The van der Waals surface area contributed by atoms with Gasteiger partial charge in [-0.15, -0.1) is 10.2 Å². The van der Waals surface area contributed by atoms with Crippen molar-refractivity contribution in [3.05, 3.63) is 41.3 Å². The molecule has 1 aliphatic rings. The summed E-state index contributed by atoms with van der Waals surface area (Å²) in [5, 5.41) is 16.9. The SMILES string of the molecule is CCc1nnc2nc3c(nn12)-c1ccccc1/C3=N/OC. The van der Waals surface area contributed by atoms with Gasteiger partial charge < -0.3 is 4.84 Å². The zero-order valence-corrected chi connectivity index (χ0v) is 11.6. The van der Waals surface area contributed by atoms with Crippen molar-refractivity contribution in [2.24, 2.45) is 5.16 Å². The third-order valence-corrected chi connectivity index (χ3v) is 3.49. The second kappa shape index (κ2) is 4.34. The molecular formula is C14H12N6O. The van der Waals surface area contributed by atoms with Crippen LogP contribution in [0.15, 0.2) is 29.4 Å². The number of aryl methyl sites for hydroxylation is 1. The van der Waals surface area contributed by atoms with Crippen LogP contribution in [0.25, 0.3) is 17.0 Å². The Morgan fingerprint density at radius 2 is 1.95 bits per heavy atom. The van der Waals surface area contributed by atoms with E-state index in [-0.39, 0.29) is 0 Å². The first-order valence-corrected chi connectivity index (χ1v) is 6.67. The Morgan fingerprint density at radius 3 is 2.71 bits per heavy atom. The smallest absolute Gasteiger partial charge is 0.272 e. The Kier molecular flexibility index (Phi) is 2.47. The molecule has 0 fully saturated rings. The lowest BCUT2D eigenvalue weighted by Crippen LogP contribution is -2.07. The van der Waals surface area contributed by atoms with Crippen LogP contribution in [0.1, 0.15) is 24.0 Å². The van der Waals surface area contributed by atoms with E-state index in [1.165, 1.54) is 7.11 Å². The summed E-state index contributed by atoms with van der Waals surface area (Å²) in [6.45, 7) is 2.01. The average Bonchev–Trinajstić information content (AvgIpc) is 3.06. The summed E-state index contributed by atoms with van der Waals surface area (Å²) in [6.07, 6.45) is 0.745. The predicted octanol–water partition coefficient (Wildman–Crippen LogP) is 1.46. The topological polar surface area (TPSA) is 77.6 Å². The molecule has 1 aliphatic carbocycles. The minimum Gasteiger partial charge on any atom is -0.399 e. The van der Waals surface area contributed by atoms with Gasteiger partial charge in [-0.2, -0.15) is 9.61 Å². The van der Waals surface area contributed by atoms with Crippen LogP contribution >= 0.6 is 0 Å². The lowest BCUT2D eigenvalue weighted by atomic mass is 10.1. The summed E-state index contributed by atoms with van der Waals surface area (Å²) in [5.41, 5.74) is 4.10. The molecule has 2 heterocycles. The fourth-order valence-corrected chi connectivity index (χ4v) is 2.55. The summed E-state index contributed by atoms with van der Waals surface area (Å²) in [5.74, 6) is 1.26. The normalized spacial score (nSPS) is 14.5. The quantitative estimate of drug-likeness (QED) is 0.519. The molecule has 0 atom stereocenters. The zero-order chi connectivity index (χ0) is 14.4. The van der Waals surface area contributed by atoms with Crippen molar-refractivity contribution in [3.63, 3.8) is 0 Å². The Labute approximate surface area is 120 Å². The van der Waals surface area contributed by atoms with Gasteiger partial charge in [0.15, 0.2) is 5.82 Å². The predicted molar refractivity (Wildman–Crippen MR) is 76.0 cm³/mol. The molecule has 0 bridgehead atoms. The van der Waals surface area contributed by atoms with Crippen molar-refractivity contribution in [1.82, 2.24) is 24.8 Å². The highest BCUT2D eigenvalue weighted by molar-refractivity contribution is 6.22. The molecule has 1 aromatic carbocycles. The van der Waals surface area contributed by atoms with E-state index >= 15 is 0 Å². The van der Waals surface area contributed by atoms with Gasteiger partial charge in [-0.25, -0.2) is 4.98 Å². The van der Waals surface area contributed by atoms with Crippen molar-refractivity contribution >= 4 is 11.5 Å². The first kappa shape index (κ1) is 12.0. The van der Waals surface area contributed by atoms with Crippen molar-refractivity contribution in [1.29, 1.82) is 0 Å². The second-order valence-electron chi connectivity index (χ2n) is 4.66. The molecular weight excluding hydrogens is 268 g/mol. The highest BCUT2D eigenvalue weighted by atomic mass is 16.6. The molecule has 7 heteroatoms. The summed E-state index contributed by atoms with van der Waals surface area (Å²) in [7, 11) is 1.52. The molecule has 0 amide bonds. The van der Waals surface area contributed by atoms with Crippen molar-refractivity contribution < 1.29 is 4.84 Å². The van der Waals surface area contributed by atoms with Crippen LogP contribution in [0.2, 0.25) is 0 Å². The largest absolute Gasteiger partial charge is 0.399 e. The van der Waals surface area contributed by atoms with E-state index in [1.807, 2.05) is 31.2 Å². The highest BCUT2D eigenvalue weighted by Crippen LogP contribution is 2.34. The van der Waals surface area contributed by atoms with Gasteiger partial charge in [0.1, 0.15) is 24.2 Å². The Bertz CT molecular complexity index is 882.